The van der Waals surface area contributed by atoms with Crippen molar-refractivity contribution in [1.29, 1.82) is 0 Å². The molecule has 0 amide bonds. The largest absolute Gasteiger partial charge is 0.494 e. The molecule has 1 aromatic carbocycles. The van der Waals surface area contributed by atoms with E-state index >= 15 is 0 Å². The molecule has 0 spiro atoms. The Labute approximate surface area is 107 Å². The van der Waals surface area contributed by atoms with Crippen LogP contribution in [0.4, 0.5) is 0 Å². The lowest BCUT2D eigenvalue weighted by Gasteiger charge is -2.22. The molecule has 0 fully saturated rings. The highest BCUT2D eigenvalue weighted by atomic mass is 35.5. The first-order valence-corrected chi connectivity index (χ1v) is 5.89. The second-order valence-corrected chi connectivity index (χ2v) is 5.18. The van der Waals surface area contributed by atoms with Crippen LogP contribution in [0, 0.1) is 5.41 Å². The van der Waals surface area contributed by atoms with Gasteiger partial charge in [0.05, 0.1) is 11.6 Å². The summed E-state index contributed by atoms with van der Waals surface area (Å²) in [6.45, 7) is 4.62. The molecular formula is C12H16ClNOS. The van der Waals surface area contributed by atoms with Crippen LogP contribution in [-0.4, -0.2) is 11.6 Å². The quantitative estimate of drug-likeness (QED) is 0.821. The van der Waals surface area contributed by atoms with E-state index in [1.54, 1.807) is 12.1 Å². The summed E-state index contributed by atoms with van der Waals surface area (Å²) in [6, 6.07) is 7.29. The molecule has 0 unspecified atom stereocenters. The first-order chi connectivity index (χ1) is 7.42. The smallest absolute Gasteiger partial charge is 0.119 e. The molecule has 2 N–H and O–H groups in total. The number of hydrogen-bond donors (Lipinski definition) is 1. The van der Waals surface area contributed by atoms with Gasteiger partial charge in [-0.2, -0.15) is 0 Å². The molecule has 0 saturated heterocycles. The molecule has 2 nitrogen and oxygen atoms in total. The zero-order chi connectivity index (χ0) is 12.2. The predicted octanol–water partition coefficient (Wildman–Crippen LogP) is 3.42. The average Bonchev–Trinajstić information content (AvgIpc) is 2.20. The fourth-order valence-corrected chi connectivity index (χ4v) is 1.31. The lowest BCUT2D eigenvalue weighted by molar-refractivity contribution is 0.270. The van der Waals surface area contributed by atoms with Gasteiger partial charge in [0.15, 0.2) is 0 Å². The molecule has 1 rings (SSSR count). The van der Waals surface area contributed by atoms with Crippen molar-refractivity contribution in [2.75, 3.05) is 6.61 Å². The van der Waals surface area contributed by atoms with Gasteiger partial charge in [0.1, 0.15) is 5.75 Å². The number of rotatable bonds is 5. The number of thiocarbonyl (C=S) groups is 1. The van der Waals surface area contributed by atoms with Gasteiger partial charge < -0.3 is 10.5 Å². The summed E-state index contributed by atoms with van der Waals surface area (Å²) in [7, 11) is 0. The molecule has 0 aliphatic heterocycles. The lowest BCUT2D eigenvalue weighted by Crippen LogP contribution is -2.31. The summed E-state index contributed by atoms with van der Waals surface area (Å²) >= 11 is 10.8. The summed E-state index contributed by atoms with van der Waals surface area (Å²) in [5, 5.41) is 0.704. The lowest BCUT2D eigenvalue weighted by atomic mass is 9.90. The molecule has 0 aliphatic carbocycles. The molecule has 0 aliphatic rings. The Balaban J connectivity index is 2.41. The van der Waals surface area contributed by atoms with Gasteiger partial charge in [-0.1, -0.05) is 37.7 Å². The topological polar surface area (TPSA) is 35.2 Å². The van der Waals surface area contributed by atoms with Crippen molar-refractivity contribution in [2.45, 2.75) is 20.3 Å². The van der Waals surface area contributed by atoms with Crippen molar-refractivity contribution < 1.29 is 4.74 Å². The Bertz CT molecular complexity index is 362. The number of hydrogen-bond acceptors (Lipinski definition) is 2. The zero-order valence-corrected chi connectivity index (χ0v) is 11.1. The van der Waals surface area contributed by atoms with Gasteiger partial charge in [-0.15, -0.1) is 0 Å². The first kappa shape index (κ1) is 13.3. The van der Waals surface area contributed by atoms with E-state index in [2.05, 4.69) is 0 Å². The molecule has 88 valence electrons. The number of halogens is 1. The maximum Gasteiger partial charge on any atom is 0.119 e. The van der Waals surface area contributed by atoms with Gasteiger partial charge in [-0.3, -0.25) is 0 Å². The van der Waals surface area contributed by atoms with Crippen LogP contribution >= 0.6 is 23.8 Å². The summed E-state index contributed by atoms with van der Waals surface area (Å²) in [5.74, 6) is 0.808. The highest BCUT2D eigenvalue weighted by Crippen LogP contribution is 2.22. The van der Waals surface area contributed by atoms with E-state index in [4.69, 9.17) is 34.3 Å². The number of nitrogens with two attached hydrogens (primary N) is 1. The Morgan fingerprint density at radius 1 is 1.38 bits per heavy atom. The van der Waals surface area contributed by atoms with Gasteiger partial charge in [0, 0.05) is 10.4 Å². The van der Waals surface area contributed by atoms with Crippen molar-refractivity contribution in [2.24, 2.45) is 11.1 Å². The monoisotopic (exact) mass is 257 g/mol. The van der Waals surface area contributed by atoms with E-state index in [0.717, 1.165) is 12.2 Å². The second kappa shape index (κ2) is 5.51. The Morgan fingerprint density at radius 3 is 2.44 bits per heavy atom. The molecule has 0 aromatic heterocycles. The summed E-state index contributed by atoms with van der Waals surface area (Å²) in [5.41, 5.74) is 5.46. The maximum absolute atomic E-state index is 5.77. The van der Waals surface area contributed by atoms with Gasteiger partial charge >= 0.3 is 0 Å². The minimum Gasteiger partial charge on any atom is -0.494 e. The van der Waals surface area contributed by atoms with Gasteiger partial charge in [-0.25, -0.2) is 0 Å². The summed E-state index contributed by atoms with van der Waals surface area (Å²) < 4.78 is 5.57. The highest BCUT2D eigenvalue weighted by Gasteiger charge is 2.20. The Hall–Kier alpha value is -0.800. The molecule has 0 heterocycles. The second-order valence-electron chi connectivity index (χ2n) is 4.30. The van der Waals surface area contributed by atoms with E-state index in [1.165, 1.54) is 0 Å². The Morgan fingerprint density at radius 2 is 1.94 bits per heavy atom. The minimum atomic E-state index is -0.165. The van der Waals surface area contributed by atoms with Gasteiger partial charge in [0.25, 0.3) is 0 Å². The van der Waals surface area contributed by atoms with E-state index in [1.807, 2.05) is 26.0 Å². The van der Waals surface area contributed by atoms with Crippen LogP contribution in [0.25, 0.3) is 0 Å². The van der Waals surface area contributed by atoms with Crippen LogP contribution in [-0.2, 0) is 0 Å². The predicted molar refractivity (Wildman–Crippen MR) is 72.1 cm³/mol. The van der Waals surface area contributed by atoms with Crippen molar-refractivity contribution >= 4 is 28.8 Å². The fourth-order valence-electron chi connectivity index (χ4n) is 1.08. The van der Waals surface area contributed by atoms with Crippen LogP contribution in [0.2, 0.25) is 5.02 Å². The fraction of sp³-hybridized carbons (Fsp3) is 0.417. The standard InChI is InChI=1S/C12H16ClNOS/c1-12(2,11(14)16)7-8-15-10-5-3-9(13)4-6-10/h3-6H,7-8H2,1-2H3,(H2,14,16). The Kier molecular flexibility index (Phi) is 4.56. The third kappa shape index (κ3) is 3.99. The van der Waals surface area contributed by atoms with E-state index in [-0.39, 0.29) is 5.41 Å². The first-order valence-electron chi connectivity index (χ1n) is 5.10. The molecule has 1 aromatic rings. The summed E-state index contributed by atoms with van der Waals surface area (Å²) in [4.78, 5) is 0.521. The van der Waals surface area contributed by atoms with Crippen LogP contribution in [0.15, 0.2) is 24.3 Å². The highest BCUT2D eigenvalue weighted by molar-refractivity contribution is 7.80. The van der Waals surface area contributed by atoms with Crippen molar-refractivity contribution in [3.63, 3.8) is 0 Å². The van der Waals surface area contributed by atoms with E-state index in [0.29, 0.717) is 16.6 Å². The average molecular weight is 258 g/mol. The van der Waals surface area contributed by atoms with Crippen LogP contribution < -0.4 is 10.5 Å². The zero-order valence-electron chi connectivity index (χ0n) is 9.50. The van der Waals surface area contributed by atoms with Crippen LogP contribution in [0.5, 0.6) is 5.75 Å². The SMILES string of the molecule is CC(C)(CCOc1ccc(Cl)cc1)C(N)=S. The molecule has 0 saturated carbocycles. The molecule has 0 atom stereocenters. The summed E-state index contributed by atoms with van der Waals surface area (Å²) in [6.07, 6.45) is 0.797. The van der Waals surface area contributed by atoms with E-state index < -0.39 is 0 Å². The normalized spacial score (nSPS) is 11.2. The van der Waals surface area contributed by atoms with E-state index in [9.17, 15) is 0 Å². The number of ether oxygens (including phenoxy) is 1. The van der Waals surface area contributed by atoms with Crippen LogP contribution in [0.1, 0.15) is 20.3 Å². The molecular weight excluding hydrogens is 242 g/mol. The molecule has 4 heteroatoms. The molecule has 0 bridgehead atoms. The van der Waals surface area contributed by atoms with Crippen molar-refractivity contribution in [3.8, 4) is 5.75 Å². The number of benzene rings is 1. The maximum atomic E-state index is 5.77. The third-order valence-electron chi connectivity index (χ3n) is 2.48. The van der Waals surface area contributed by atoms with Crippen molar-refractivity contribution in [3.05, 3.63) is 29.3 Å². The van der Waals surface area contributed by atoms with Gasteiger partial charge in [-0.05, 0) is 30.7 Å². The van der Waals surface area contributed by atoms with Crippen LogP contribution in [0.3, 0.4) is 0 Å². The minimum absolute atomic E-state index is 0.165. The van der Waals surface area contributed by atoms with Gasteiger partial charge in [0.2, 0.25) is 0 Å². The molecule has 0 radical (unpaired) electrons. The van der Waals surface area contributed by atoms with Crippen molar-refractivity contribution in [1.82, 2.24) is 0 Å². The molecule has 16 heavy (non-hydrogen) atoms. The third-order valence-corrected chi connectivity index (χ3v) is 3.28.